The number of hydrogen-bond donors (Lipinski definition) is 0. The summed E-state index contributed by atoms with van der Waals surface area (Å²) in [6.45, 7) is 13.0. The van der Waals surface area contributed by atoms with Gasteiger partial charge >= 0.3 is 0 Å². The Labute approximate surface area is 121 Å². The summed E-state index contributed by atoms with van der Waals surface area (Å²) < 4.78 is 0. The van der Waals surface area contributed by atoms with Crippen LogP contribution in [0.2, 0.25) is 5.15 Å². The SMILES string of the molecule is Cc1c(Cl)nc(C(C)C)nc1N1CCC(C)C(C)C1. The number of anilines is 1. The van der Waals surface area contributed by atoms with Crippen molar-refractivity contribution in [2.24, 2.45) is 11.8 Å². The quantitative estimate of drug-likeness (QED) is 0.766. The molecule has 1 aliphatic heterocycles. The normalized spacial score (nSPS) is 24.1. The molecule has 4 heteroatoms. The van der Waals surface area contributed by atoms with Crippen LogP contribution in [0.3, 0.4) is 0 Å². The largest absolute Gasteiger partial charge is 0.356 e. The van der Waals surface area contributed by atoms with Gasteiger partial charge in [0.15, 0.2) is 0 Å². The summed E-state index contributed by atoms with van der Waals surface area (Å²) in [6, 6.07) is 0. The molecule has 0 aliphatic carbocycles. The Morgan fingerprint density at radius 3 is 2.47 bits per heavy atom. The molecule has 2 heterocycles. The van der Waals surface area contributed by atoms with E-state index in [0.717, 1.165) is 36.2 Å². The van der Waals surface area contributed by atoms with Gasteiger partial charge in [0, 0.05) is 24.6 Å². The highest BCUT2D eigenvalue weighted by Gasteiger charge is 2.25. The van der Waals surface area contributed by atoms with Gasteiger partial charge in [-0.05, 0) is 25.2 Å². The predicted octanol–water partition coefficient (Wildman–Crippen LogP) is 4.04. The number of halogens is 1. The van der Waals surface area contributed by atoms with Gasteiger partial charge in [0.2, 0.25) is 0 Å². The lowest BCUT2D eigenvalue weighted by Gasteiger charge is -2.37. The van der Waals surface area contributed by atoms with Gasteiger partial charge in [-0.1, -0.05) is 39.3 Å². The smallest absolute Gasteiger partial charge is 0.137 e. The molecule has 0 spiro atoms. The van der Waals surface area contributed by atoms with Gasteiger partial charge in [0.05, 0.1) is 0 Å². The molecule has 2 rings (SSSR count). The van der Waals surface area contributed by atoms with E-state index >= 15 is 0 Å². The van der Waals surface area contributed by atoms with Crippen LogP contribution in [0.25, 0.3) is 0 Å². The molecule has 19 heavy (non-hydrogen) atoms. The van der Waals surface area contributed by atoms with Crippen molar-refractivity contribution in [1.29, 1.82) is 0 Å². The van der Waals surface area contributed by atoms with Gasteiger partial charge in [-0.3, -0.25) is 0 Å². The third kappa shape index (κ3) is 3.02. The van der Waals surface area contributed by atoms with Gasteiger partial charge in [0.25, 0.3) is 0 Å². The maximum atomic E-state index is 6.27. The van der Waals surface area contributed by atoms with Crippen molar-refractivity contribution in [1.82, 2.24) is 9.97 Å². The highest BCUT2D eigenvalue weighted by atomic mass is 35.5. The first-order valence-corrected chi connectivity index (χ1v) is 7.57. The molecule has 1 aromatic rings. The fourth-order valence-electron chi connectivity index (χ4n) is 2.52. The van der Waals surface area contributed by atoms with Crippen LogP contribution in [0, 0.1) is 18.8 Å². The second-order valence-corrected chi connectivity index (χ2v) is 6.52. The zero-order valence-electron chi connectivity index (χ0n) is 12.6. The van der Waals surface area contributed by atoms with Gasteiger partial charge < -0.3 is 4.90 Å². The summed E-state index contributed by atoms with van der Waals surface area (Å²) in [6.07, 6.45) is 1.22. The Kier molecular flexibility index (Phi) is 4.34. The van der Waals surface area contributed by atoms with Crippen LogP contribution >= 0.6 is 11.6 Å². The first kappa shape index (κ1) is 14.6. The number of piperidine rings is 1. The van der Waals surface area contributed by atoms with E-state index in [1.807, 2.05) is 6.92 Å². The Bertz CT molecular complexity index is 459. The van der Waals surface area contributed by atoms with Gasteiger partial charge in [-0.25, -0.2) is 9.97 Å². The van der Waals surface area contributed by atoms with Crippen LogP contribution < -0.4 is 4.90 Å². The van der Waals surface area contributed by atoms with E-state index in [1.165, 1.54) is 6.42 Å². The molecule has 0 saturated carbocycles. The van der Waals surface area contributed by atoms with Crippen molar-refractivity contribution in [3.8, 4) is 0 Å². The first-order chi connectivity index (χ1) is 8.90. The second-order valence-electron chi connectivity index (χ2n) is 6.17. The van der Waals surface area contributed by atoms with Gasteiger partial charge in [-0.15, -0.1) is 0 Å². The van der Waals surface area contributed by atoms with E-state index in [4.69, 9.17) is 16.6 Å². The minimum absolute atomic E-state index is 0.304. The molecule has 0 amide bonds. The average Bonchev–Trinajstić information content (AvgIpc) is 2.35. The molecule has 0 N–H and O–H groups in total. The van der Waals surface area contributed by atoms with Crippen molar-refractivity contribution >= 4 is 17.4 Å². The van der Waals surface area contributed by atoms with Crippen LogP contribution in [0.5, 0.6) is 0 Å². The molecule has 0 bridgehead atoms. The van der Waals surface area contributed by atoms with E-state index in [9.17, 15) is 0 Å². The van der Waals surface area contributed by atoms with Gasteiger partial charge in [-0.2, -0.15) is 0 Å². The lowest BCUT2D eigenvalue weighted by Crippen LogP contribution is -2.39. The van der Waals surface area contributed by atoms with E-state index in [1.54, 1.807) is 0 Å². The van der Waals surface area contributed by atoms with Crippen LogP contribution in [-0.4, -0.2) is 23.1 Å². The van der Waals surface area contributed by atoms with Crippen molar-refractivity contribution < 1.29 is 0 Å². The summed E-state index contributed by atoms with van der Waals surface area (Å²) in [5.74, 6) is 3.67. The fourth-order valence-corrected chi connectivity index (χ4v) is 2.69. The van der Waals surface area contributed by atoms with Crippen molar-refractivity contribution in [2.75, 3.05) is 18.0 Å². The maximum Gasteiger partial charge on any atom is 0.137 e. The number of rotatable bonds is 2. The Hall–Kier alpha value is -0.830. The molecule has 1 saturated heterocycles. The average molecular weight is 282 g/mol. The first-order valence-electron chi connectivity index (χ1n) is 7.19. The van der Waals surface area contributed by atoms with Crippen LogP contribution in [-0.2, 0) is 0 Å². The topological polar surface area (TPSA) is 29.0 Å². The molecule has 1 aromatic heterocycles. The number of aromatic nitrogens is 2. The maximum absolute atomic E-state index is 6.27. The second kappa shape index (κ2) is 5.66. The van der Waals surface area contributed by atoms with Crippen LogP contribution in [0.1, 0.15) is 51.4 Å². The van der Waals surface area contributed by atoms with Crippen molar-refractivity contribution in [3.05, 3.63) is 16.5 Å². The van der Waals surface area contributed by atoms with Crippen molar-refractivity contribution in [3.63, 3.8) is 0 Å². The highest BCUT2D eigenvalue weighted by Crippen LogP contribution is 2.31. The monoisotopic (exact) mass is 281 g/mol. The summed E-state index contributed by atoms with van der Waals surface area (Å²) in [5.41, 5.74) is 1.01. The minimum atomic E-state index is 0.304. The zero-order chi connectivity index (χ0) is 14.2. The number of hydrogen-bond acceptors (Lipinski definition) is 3. The van der Waals surface area contributed by atoms with E-state index in [0.29, 0.717) is 17.0 Å². The fraction of sp³-hybridized carbons (Fsp3) is 0.733. The minimum Gasteiger partial charge on any atom is -0.356 e. The van der Waals surface area contributed by atoms with Gasteiger partial charge in [0.1, 0.15) is 16.8 Å². The lowest BCUT2D eigenvalue weighted by molar-refractivity contribution is 0.322. The molecule has 0 radical (unpaired) electrons. The molecule has 106 valence electrons. The van der Waals surface area contributed by atoms with Crippen LogP contribution in [0.15, 0.2) is 0 Å². The molecule has 2 unspecified atom stereocenters. The third-order valence-electron chi connectivity index (χ3n) is 4.23. The van der Waals surface area contributed by atoms with E-state index < -0.39 is 0 Å². The summed E-state index contributed by atoms with van der Waals surface area (Å²) in [7, 11) is 0. The molecule has 0 aromatic carbocycles. The molecule has 1 aliphatic rings. The Morgan fingerprint density at radius 2 is 1.89 bits per heavy atom. The lowest BCUT2D eigenvalue weighted by atomic mass is 9.88. The van der Waals surface area contributed by atoms with Crippen molar-refractivity contribution in [2.45, 2.75) is 47.0 Å². The number of nitrogens with zero attached hydrogens (tertiary/aromatic N) is 3. The third-order valence-corrected chi connectivity index (χ3v) is 4.60. The summed E-state index contributed by atoms with van der Waals surface area (Å²) in [4.78, 5) is 11.5. The Morgan fingerprint density at radius 1 is 1.21 bits per heavy atom. The summed E-state index contributed by atoms with van der Waals surface area (Å²) >= 11 is 6.27. The van der Waals surface area contributed by atoms with E-state index in [2.05, 4.69) is 37.6 Å². The molecule has 3 nitrogen and oxygen atoms in total. The molecule has 1 fully saturated rings. The van der Waals surface area contributed by atoms with E-state index in [-0.39, 0.29) is 0 Å². The summed E-state index contributed by atoms with van der Waals surface area (Å²) in [5, 5.41) is 0.597. The van der Waals surface area contributed by atoms with Crippen LogP contribution in [0.4, 0.5) is 5.82 Å². The standard InChI is InChI=1S/C15H24ClN3/c1-9(2)14-17-13(16)12(5)15(18-14)19-7-6-10(3)11(4)8-19/h9-11H,6-8H2,1-5H3. The predicted molar refractivity (Wildman–Crippen MR) is 81.0 cm³/mol. The molecule has 2 atom stereocenters. The highest BCUT2D eigenvalue weighted by molar-refractivity contribution is 6.30. The Balaban J connectivity index is 2.33. The molecular weight excluding hydrogens is 258 g/mol. The zero-order valence-corrected chi connectivity index (χ0v) is 13.3. The molecular formula is C15H24ClN3.